The second kappa shape index (κ2) is 18.1. The van der Waals surface area contributed by atoms with Crippen molar-refractivity contribution in [3.63, 3.8) is 0 Å². The quantitative estimate of drug-likeness (QED) is 0.133. The van der Waals surface area contributed by atoms with Crippen molar-refractivity contribution in [2.24, 2.45) is 11.7 Å². The van der Waals surface area contributed by atoms with E-state index in [9.17, 15) is 19.2 Å². The Kier molecular flexibility index (Phi) is 13.4. The summed E-state index contributed by atoms with van der Waals surface area (Å²) in [4.78, 5) is 76.5. The van der Waals surface area contributed by atoms with E-state index in [2.05, 4.69) is 25.8 Å². The summed E-state index contributed by atoms with van der Waals surface area (Å²) < 4.78 is 5.58. The van der Waals surface area contributed by atoms with Crippen molar-refractivity contribution >= 4 is 53.4 Å². The predicted molar refractivity (Wildman–Crippen MR) is 204 cm³/mol. The van der Waals surface area contributed by atoms with Crippen molar-refractivity contribution in [3.05, 3.63) is 0 Å². The van der Waals surface area contributed by atoms with E-state index in [1.165, 1.54) is 4.90 Å². The Hall–Kier alpha value is -3.64. The minimum atomic E-state index is -0.715. The van der Waals surface area contributed by atoms with E-state index in [-0.39, 0.29) is 48.3 Å². The first kappa shape index (κ1) is 39.1. The molecule has 294 valence electrons. The van der Waals surface area contributed by atoms with Crippen LogP contribution in [0.3, 0.4) is 0 Å². The zero-order valence-corrected chi connectivity index (χ0v) is 32.3. The molecular formula is C35H58N12O5S. The summed E-state index contributed by atoms with van der Waals surface area (Å²) in [6, 6.07) is -0.911. The number of unbranched alkanes of at least 4 members (excludes halogenated alkanes) is 2. The van der Waals surface area contributed by atoms with E-state index in [4.69, 9.17) is 25.4 Å². The Morgan fingerprint density at radius 2 is 1.70 bits per heavy atom. The molecule has 6 heterocycles. The monoisotopic (exact) mass is 758 g/mol. The minimum absolute atomic E-state index is 0.0243. The van der Waals surface area contributed by atoms with Gasteiger partial charge in [0.2, 0.25) is 35.6 Å². The largest absolute Gasteiger partial charge is 0.378 e. The molecule has 18 heteroatoms. The van der Waals surface area contributed by atoms with Crippen molar-refractivity contribution < 1.29 is 23.9 Å². The molecule has 1 aromatic rings. The molecule has 5 aliphatic rings. The maximum absolute atomic E-state index is 14.2. The van der Waals surface area contributed by atoms with E-state index in [0.717, 1.165) is 37.9 Å². The van der Waals surface area contributed by atoms with Crippen molar-refractivity contribution in [2.75, 3.05) is 100 Å². The lowest BCUT2D eigenvalue weighted by atomic mass is 9.93. The number of aromatic nitrogens is 3. The number of likely N-dealkylation sites (N-methyl/N-ethyl adjacent to an activating group) is 1. The molecule has 0 aliphatic carbocycles. The van der Waals surface area contributed by atoms with E-state index in [0.29, 0.717) is 102 Å². The van der Waals surface area contributed by atoms with Crippen LogP contribution in [-0.2, 0) is 19.1 Å². The molecule has 17 nitrogen and oxygen atoms in total. The van der Waals surface area contributed by atoms with Gasteiger partial charge in [-0.3, -0.25) is 14.4 Å². The van der Waals surface area contributed by atoms with Crippen LogP contribution in [0.1, 0.15) is 58.8 Å². The first-order chi connectivity index (χ1) is 25.7. The van der Waals surface area contributed by atoms with Gasteiger partial charge in [-0.1, -0.05) is 26.7 Å². The number of rotatable bonds is 16. The lowest BCUT2D eigenvalue weighted by Crippen LogP contribution is -2.65. The smallest absolute Gasteiger partial charge is 0.315 e. The zero-order chi connectivity index (χ0) is 37.5. The van der Waals surface area contributed by atoms with Crippen LogP contribution < -0.4 is 31.5 Å². The zero-order valence-electron chi connectivity index (χ0n) is 31.5. The second-order valence-corrected chi connectivity index (χ2v) is 16.1. The Balaban J connectivity index is 1.09. The fourth-order valence-corrected chi connectivity index (χ4v) is 9.51. The second-order valence-electron chi connectivity index (χ2n) is 14.8. The number of ether oxygens (including phenoxy) is 1. The van der Waals surface area contributed by atoms with E-state index in [1.807, 2.05) is 30.5 Å². The maximum Gasteiger partial charge on any atom is 0.315 e. The van der Waals surface area contributed by atoms with Crippen LogP contribution in [0.5, 0.6) is 0 Å². The molecule has 5 amide bonds. The molecule has 53 heavy (non-hydrogen) atoms. The molecule has 5 N–H and O–H groups in total. The molecule has 5 aliphatic heterocycles. The number of carbonyl (C=O) groups is 4. The Labute approximate surface area is 316 Å². The summed E-state index contributed by atoms with van der Waals surface area (Å²) in [6.07, 6.45) is 5.64. The minimum Gasteiger partial charge on any atom is -0.378 e. The van der Waals surface area contributed by atoms with Crippen molar-refractivity contribution in [1.82, 2.24) is 40.3 Å². The number of morpholine rings is 1. The van der Waals surface area contributed by atoms with Crippen LogP contribution in [0.25, 0.3) is 0 Å². The third-order valence-corrected chi connectivity index (χ3v) is 12.9. The number of anilines is 3. The molecule has 6 rings (SSSR count). The Morgan fingerprint density at radius 3 is 2.40 bits per heavy atom. The summed E-state index contributed by atoms with van der Waals surface area (Å²) in [7, 11) is 1.69. The predicted octanol–water partition coefficient (Wildman–Crippen LogP) is 0.317. The first-order valence-electron chi connectivity index (χ1n) is 19.5. The van der Waals surface area contributed by atoms with Gasteiger partial charge in [-0.2, -0.15) is 26.7 Å². The molecule has 0 aromatic carbocycles. The fraction of sp³-hybridized carbons (Fsp3) is 0.800. The normalized spacial score (nSPS) is 26.0. The number of carbonyl (C=O) groups excluding carboxylic acids is 4. The van der Waals surface area contributed by atoms with Crippen LogP contribution in [0.2, 0.25) is 0 Å². The molecule has 0 unspecified atom stereocenters. The van der Waals surface area contributed by atoms with Crippen LogP contribution in [0, 0.1) is 5.92 Å². The van der Waals surface area contributed by atoms with Gasteiger partial charge in [0.1, 0.15) is 18.6 Å². The number of nitrogens with one attached hydrogen (secondary N) is 3. The van der Waals surface area contributed by atoms with Crippen LogP contribution in [0.4, 0.5) is 22.6 Å². The summed E-state index contributed by atoms with van der Waals surface area (Å²) in [5.74, 6) is 2.19. The number of hydrogen-bond donors (Lipinski definition) is 4. The average molecular weight is 759 g/mol. The van der Waals surface area contributed by atoms with Gasteiger partial charge in [0.25, 0.3) is 0 Å². The number of nitrogens with two attached hydrogens (primary N) is 1. The average Bonchev–Trinajstić information content (AvgIpc) is 3.74. The van der Waals surface area contributed by atoms with Crippen LogP contribution >= 0.6 is 11.8 Å². The highest BCUT2D eigenvalue weighted by atomic mass is 32.2. The summed E-state index contributed by atoms with van der Waals surface area (Å²) in [6.45, 7) is 9.61. The van der Waals surface area contributed by atoms with Gasteiger partial charge in [-0.25, -0.2) is 4.79 Å². The van der Waals surface area contributed by atoms with Gasteiger partial charge in [0, 0.05) is 63.9 Å². The van der Waals surface area contributed by atoms with Gasteiger partial charge in [-0.15, -0.1) is 0 Å². The Bertz CT molecular complexity index is 1440. The van der Waals surface area contributed by atoms with E-state index in [1.54, 1.807) is 11.9 Å². The fourth-order valence-electron chi connectivity index (χ4n) is 7.96. The molecule has 5 saturated heterocycles. The highest BCUT2D eigenvalue weighted by molar-refractivity contribution is 8.00. The van der Waals surface area contributed by atoms with Gasteiger partial charge < -0.3 is 50.9 Å². The number of urea groups is 1. The molecule has 0 spiro atoms. The molecule has 1 aromatic heterocycles. The van der Waals surface area contributed by atoms with Crippen molar-refractivity contribution in [1.29, 1.82) is 0 Å². The number of fused-ring (bicyclic) bond motifs is 1. The number of hydrogen-bond acceptors (Lipinski definition) is 13. The molecule has 5 fully saturated rings. The van der Waals surface area contributed by atoms with E-state index >= 15 is 0 Å². The maximum atomic E-state index is 14.2. The van der Waals surface area contributed by atoms with Crippen LogP contribution in [-0.4, -0.2) is 168 Å². The van der Waals surface area contributed by atoms with Gasteiger partial charge in [0.15, 0.2) is 0 Å². The molecular weight excluding hydrogens is 701 g/mol. The van der Waals surface area contributed by atoms with E-state index < -0.39 is 12.1 Å². The third kappa shape index (κ3) is 9.19. The highest BCUT2D eigenvalue weighted by Crippen LogP contribution is 2.33. The molecule has 0 bridgehead atoms. The number of amides is 5. The molecule has 6 atom stereocenters. The lowest BCUT2D eigenvalue weighted by Gasteiger charge is -2.45. The first-order valence-corrected chi connectivity index (χ1v) is 20.5. The molecule has 0 radical (unpaired) electrons. The number of piperazine rings is 2. The number of nitrogens with zero attached hydrogens (tertiary/aromatic N) is 8. The number of thioether (sulfide) groups is 1. The Morgan fingerprint density at radius 1 is 0.981 bits per heavy atom. The summed E-state index contributed by atoms with van der Waals surface area (Å²) >= 11 is 1.93. The van der Waals surface area contributed by atoms with Gasteiger partial charge in [0.05, 0.1) is 25.3 Å². The highest BCUT2D eigenvalue weighted by Gasteiger charge is 2.45. The summed E-state index contributed by atoms with van der Waals surface area (Å²) in [5, 5.41) is 9.94. The summed E-state index contributed by atoms with van der Waals surface area (Å²) in [5.41, 5.74) is 5.80. The molecule has 0 saturated carbocycles. The van der Waals surface area contributed by atoms with Crippen LogP contribution in [0.15, 0.2) is 0 Å². The van der Waals surface area contributed by atoms with Gasteiger partial charge in [-0.05, 0) is 44.6 Å². The van der Waals surface area contributed by atoms with Crippen molar-refractivity contribution in [2.45, 2.75) is 88.2 Å². The third-order valence-electron chi connectivity index (χ3n) is 11.3. The van der Waals surface area contributed by atoms with Gasteiger partial charge >= 0.3 is 6.03 Å². The van der Waals surface area contributed by atoms with Crippen molar-refractivity contribution in [3.8, 4) is 0 Å². The topological polar surface area (TPSA) is 194 Å². The SMILES string of the molecule is CC[C@H](C)[C@H]1C(=O)N([C@@H](CCCCN)C(=O)N2CCN(c3nc(NCCCC[C@@H]4SC[C@@H]5NC(=O)N[C@@H]54)nc(N4CCOCC4)n3)CC2)CC(=O)N1C. The lowest BCUT2D eigenvalue weighted by molar-refractivity contribution is -0.163. The standard InChI is InChI=1S/C35H58N12O5S/c1-4-23(2)29-31(50)47(21-27(48)43(29)3)25(9-5-7-11-36)30(49)44-13-15-45(16-14-44)33-40-32(41-34(42-33)46-17-19-52-20-18-46)37-12-8-6-10-26-28-24(22-53-26)38-35(51)39-28/h23-26,28-29H,4-22,36H2,1-3H3,(H2,38,39,51)(H,37,40,41,42)/t23-,24-,25-,26-,28-,29-/m0/s1.